The van der Waals surface area contributed by atoms with Crippen molar-refractivity contribution >= 4 is 43.0 Å². The lowest BCUT2D eigenvalue weighted by Gasteiger charge is -2.33. The summed E-state index contributed by atoms with van der Waals surface area (Å²) in [4.78, 5) is 19.1. The van der Waals surface area contributed by atoms with Gasteiger partial charge < -0.3 is 9.14 Å². The molecule has 2 aromatic carbocycles. The van der Waals surface area contributed by atoms with Crippen molar-refractivity contribution in [1.82, 2.24) is 9.38 Å². The van der Waals surface area contributed by atoms with E-state index in [1.165, 1.54) is 42.3 Å². The Hall–Kier alpha value is -3.31. The summed E-state index contributed by atoms with van der Waals surface area (Å²) in [7, 11) is -3.48. The predicted octanol–water partition coefficient (Wildman–Crippen LogP) is 5.07. The van der Waals surface area contributed by atoms with Gasteiger partial charge >= 0.3 is 0 Å². The van der Waals surface area contributed by atoms with E-state index >= 15 is 4.39 Å². The van der Waals surface area contributed by atoms with Crippen LogP contribution in [0.4, 0.5) is 14.5 Å². The average molecular weight is 576 g/mol. The molecule has 0 saturated heterocycles. The average Bonchev–Trinajstić information content (AvgIpc) is 3.11. The van der Waals surface area contributed by atoms with Crippen LogP contribution in [0.25, 0.3) is 16.8 Å². The molecule has 0 radical (unpaired) electrons. The highest BCUT2D eigenvalue weighted by atomic mass is 79.9. The molecule has 1 amide bonds. The van der Waals surface area contributed by atoms with Crippen molar-refractivity contribution in [1.29, 1.82) is 0 Å². The van der Waals surface area contributed by atoms with Crippen LogP contribution in [-0.2, 0) is 21.2 Å². The van der Waals surface area contributed by atoms with E-state index in [0.717, 1.165) is 6.26 Å². The Bertz CT molecular complexity index is 1670. The number of amides is 1. The molecule has 0 unspecified atom stereocenters. The number of rotatable bonds is 4. The molecule has 36 heavy (non-hydrogen) atoms. The number of halogens is 3. The molecule has 0 N–H and O–H groups in total. The van der Waals surface area contributed by atoms with Crippen LogP contribution in [0.5, 0.6) is 5.75 Å². The van der Waals surface area contributed by atoms with Gasteiger partial charge in [0.15, 0.2) is 27.5 Å². The lowest BCUT2D eigenvalue weighted by atomic mass is 10.0. The first kappa shape index (κ1) is 24.4. The van der Waals surface area contributed by atoms with E-state index in [-0.39, 0.29) is 33.3 Å². The van der Waals surface area contributed by atoms with Crippen molar-refractivity contribution in [2.24, 2.45) is 0 Å². The number of hydrogen-bond acceptors (Lipinski definition) is 5. The van der Waals surface area contributed by atoms with Gasteiger partial charge in [-0.2, -0.15) is 0 Å². The molecule has 3 heterocycles. The number of carbonyl (C=O) groups is 1. The molecule has 11 heteroatoms. The van der Waals surface area contributed by atoms with Crippen LogP contribution in [0, 0.1) is 18.6 Å². The number of ether oxygens (including phenoxy) is 1. The number of imidazole rings is 1. The zero-order valence-electron chi connectivity index (χ0n) is 19.4. The summed E-state index contributed by atoms with van der Waals surface area (Å²) >= 11 is 3.18. The van der Waals surface area contributed by atoms with Gasteiger partial charge in [-0.3, -0.25) is 9.69 Å². The third-order valence-electron chi connectivity index (χ3n) is 6.09. The summed E-state index contributed by atoms with van der Waals surface area (Å²) in [6.45, 7) is 3.31. The standard InChI is InChI=1S/C25H20BrF2N3O4S/c1-13-22(30-11-18(26)19(27)10-23(30)29-13)12-31-21-9-16(8-20(28)24(21)35-14(2)25(31)32)15-5-4-6-17(7-15)36(3,33)34/h4-11,14H,12H2,1-3H3/t14-/m1/s1. The molecular formula is C25H20BrF2N3O4S. The van der Waals surface area contributed by atoms with Crippen LogP contribution in [0.3, 0.4) is 0 Å². The number of nitrogens with zero attached hydrogens (tertiary/aromatic N) is 3. The molecule has 7 nitrogen and oxygen atoms in total. The molecule has 0 aliphatic carbocycles. The minimum atomic E-state index is -3.48. The Morgan fingerprint density at radius 2 is 1.86 bits per heavy atom. The minimum absolute atomic E-state index is 0.0247. The summed E-state index contributed by atoms with van der Waals surface area (Å²) < 4.78 is 60.9. The molecule has 0 fully saturated rings. The highest BCUT2D eigenvalue weighted by Crippen LogP contribution is 2.41. The van der Waals surface area contributed by atoms with E-state index < -0.39 is 27.6 Å². The molecule has 1 aliphatic rings. The molecule has 186 valence electrons. The van der Waals surface area contributed by atoms with Gasteiger partial charge in [-0.15, -0.1) is 0 Å². The van der Waals surface area contributed by atoms with Crippen LogP contribution in [0.15, 0.2) is 58.0 Å². The second-order valence-electron chi connectivity index (χ2n) is 8.63. The number of sulfone groups is 1. The third-order valence-corrected chi connectivity index (χ3v) is 7.78. The van der Waals surface area contributed by atoms with Crippen molar-refractivity contribution in [3.8, 4) is 16.9 Å². The number of aromatic nitrogens is 2. The third kappa shape index (κ3) is 4.16. The lowest BCUT2D eigenvalue weighted by molar-refractivity contribution is -0.125. The van der Waals surface area contributed by atoms with Crippen molar-refractivity contribution in [2.75, 3.05) is 11.2 Å². The summed E-state index contributed by atoms with van der Waals surface area (Å²) in [6.07, 6.45) is 1.69. The van der Waals surface area contributed by atoms with E-state index in [0.29, 0.717) is 28.2 Å². The number of benzene rings is 2. The van der Waals surface area contributed by atoms with Gasteiger partial charge in [0.2, 0.25) is 0 Å². The Morgan fingerprint density at radius 3 is 2.58 bits per heavy atom. The van der Waals surface area contributed by atoms with Gasteiger partial charge in [0, 0.05) is 18.5 Å². The van der Waals surface area contributed by atoms with Crippen molar-refractivity contribution in [3.63, 3.8) is 0 Å². The minimum Gasteiger partial charge on any atom is -0.476 e. The molecule has 0 spiro atoms. The highest BCUT2D eigenvalue weighted by molar-refractivity contribution is 9.10. The van der Waals surface area contributed by atoms with E-state index in [1.54, 1.807) is 29.5 Å². The second kappa shape index (κ2) is 8.67. The van der Waals surface area contributed by atoms with Crippen molar-refractivity contribution < 1.29 is 26.7 Å². The van der Waals surface area contributed by atoms with Gasteiger partial charge in [0.25, 0.3) is 5.91 Å². The topological polar surface area (TPSA) is 81.0 Å². The molecule has 0 bridgehead atoms. The molecule has 1 aliphatic heterocycles. The van der Waals surface area contributed by atoms with Crippen molar-refractivity contribution in [2.45, 2.75) is 31.4 Å². The Balaban J connectivity index is 1.65. The first-order valence-electron chi connectivity index (χ1n) is 10.9. The molecule has 0 saturated carbocycles. The van der Waals surface area contributed by atoms with E-state index in [1.807, 2.05) is 0 Å². The van der Waals surface area contributed by atoms with Crippen molar-refractivity contribution in [3.05, 3.63) is 76.2 Å². The van der Waals surface area contributed by atoms with Gasteiger partial charge in [-0.1, -0.05) is 12.1 Å². The predicted molar refractivity (Wildman–Crippen MR) is 134 cm³/mol. The lowest BCUT2D eigenvalue weighted by Crippen LogP contribution is -2.44. The smallest absolute Gasteiger partial charge is 0.268 e. The maximum atomic E-state index is 15.3. The number of anilines is 1. The van der Waals surface area contributed by atoms with Gasteiger partial charge in [0.05, 0.1) is 33.0 Å². The SMILES string of the molecule is Cc1nc2cc(F)c(Br)cn2c1CN1C(=O)[C@@H](C)Oc2c(F)cc(-c3cccc(S(C)(=O)=O)c3)cc21. The molecule has 1 atom stereocenters. The monoisotopic (exact) mass is 575 g/mol. The molecule has 2 aromatic heterocycles. The van der Waals surface area contributed by atoms with E-state index in [9.17, 15) is 17.6 Å². The summed E-state index contributed by atoms with van der Waals surface area (Å²) in [5, 5.41) is 0. The molecule has 5 rings (SSSR count). The number of fused-ring (bicyclic) bond motifs is 2. The maximum Gasteiger partial charge on any atom is 0.268 e. The van der Waals surface area contributed by atoms with Gasteiger partial charge in [0.1, 0.15) is 11.5 Å². The van der Waals surface area contributed by atoms with E-state index in [4.69, 9.17) is 4.74 Å². The fourth-order valence-corrected chi connectivity index (χ4v) is 5.23. The zero-order chi connectivity index (χ0) is 25.9. The quantitative estimate of drug-likeness (QED) is 0.339. The normalized spacial score (nSPS) is 15.8. The fourth-order valence-electron chi connectivity index (χ4n) is 4.24. The van der Waals surface area contributed by atoms with Crippen LogP contribution in [0.1, 0.15) is 18.3 Å². The summed E-state index contributed by atoms with van der Waals surface area (Å²) in [5.74, 6) is -1.62. The maximum absolute atomic E-state index is 15.3. The first-order valence-corrected chi connectivity index (χ1v) is 13.6. The van der Waals surface area contributed by atoms with Crippen LogP contribution in [-0.4, -0.2) is 36.1 Å². The Morgan fingerprint density at radius 1 is 1.11 bits per heavy atom. The van der Waals surface area contributed by atoms with Crippen LogP contribution < -0.4 is 9.64 Å². The zero-order valence-corrected chi connectivity index (χ0v) is 21.8. The summed E-state index contributed by atoms with van der Waals surface area (Å²) in [5.41, 5.74) is 2.62. The van der Waals surface area contributed by atoms with Gasteiger partial charge in [-0.25, -0.2) is 22.2 Å². The second-order valence-corrected chi connectivity index (χ2v) is 11.5. The Kier molecular flexibility index (Phi) is 5.87. The number of aryl methyl sites for hydroxylation is 1. The van der Waals surface area contributed by atoms with Gasteiger partial charge in [-0.05, 0) is 65.2 Å². The highest BCUT2D eigenvalue weighted by Gasteiger charge is 2.35. The van der Waals surface area contributed by atoms with E-state index in [2.05, 4.69) is 20.9 Å². The molecule has 4 aromatic rings. The summed E-state index contributed by atoms with van der Waals surface area (Å²) in [6, 6.07) is 10.3. The fraction of sp³-hybridized carbons (Fsp3) is 0.200. The largest absolute Gasteiger partial charge is 0.476 e. The van der Waals surface area contributed by atoms with Crippen LogP contribution in [0.2, 0.25) is 0 Å². The Labute approximate surface area is 214 Å². The number of pyridine rings is 1. The van der Waals surface area contributed by atoms with Crippen LogP contribution >= 0.6 is 15.9 Å². The number of hydrogen-bond donors (Lipinski definition) is 0. The molecular weight excluding hydrogens is 556 g/mol. The first-order chi connectivity index (χ1) is 16.9. The number of carbonyl (C=O) groups excluding carboxylic acids is 1.